The molecule has 0 N–H and O–H groups in total. The van der Waals surface area contributed by atoms with E-state index in [-0.39, 0.29) is 10.7 Å². The van der Waals surface area contributed by atoms with Gasteiger partial charge in [0.2, 0.25) is 0 Å². The maximum atomic E-state index is 11.4. The second kappa shape index (κ2) is 3.45. The summed E-state index contributed by atoms with van der Waals surface area (Å²) < 4.78 is 22.8. The molecule has 0 saturated heterocycles. The molecule has 13 heavy (non-hydrogen) atoms. The molecule has 0 atom stereocenters. The van der Waals surface area contributed by atoms with Crippen molar-refractivity contribution >= 4 is 9.84 Å². The summed E-state index contributed by atoms with van der Waals surface area (Å²) in [5, 5.41) is 1.33. The van der Waals surface area contributed by atoms with Crippen molar-refractivity contribution in [1.82, 2.24) is 0 Å². The summed E-state index contributed by atoms with van der Waals surface area (Å²) in [7, 11) is -2.89. The quantitative estimate of drug-likeness (QED) is 0.704. The smallest absolute Gasteiger partial charge is 0.174 e. The first-order valence-corrected chi connectivity index (χ1v) is 6.33. The van der Waals surface area contributed by atoms with Crippen LogP contribution in [0.5, 0.6) is 0 Å². The molecule has 76 valence electrons. The van der Waals surface area contributed by atoms with Crippen LogP contribution in [-0.2, 0) is 9.84 Å². The fourth-order valence-corrected chi connectivity index (χ4v) is 2.42. The first-order chi connectivity index (χ1) is 5.81. The summed E-state index contributed by atoms with van der Waals surface area (Å²) >= 11 is 0. The van der Waals surface area contributed by atoms with Gasteiger partial charge in [-0.2, -0.15) is 0 Å². The molecule has 1 rings (SSSR count). The van der Waals surface area contributed by atoms with Crippen LogP contribution in [-0.4, -0.2) is 13.7 Å². The highest BCUT2D eigenvalue weighted by Crippen LogP contribution is 2.30. The second-order valence-electron chi connectivity index (χ2n) is 4.92. The van der Waals surface area contributed by atoms with Crippen LogP contribution in [0.2, 0.25) is 0 Å². The Bertz CT molecular complexity index is 289. The van der Waals surface area contributed by atoms with Gasteiger partial charge in [0.25, 0.3) is 0 Å². The van der Waals surface area contributed by atoms with E-state index >= 15 is 0 Å². The van der Waals surface area contributed by atoms with Crippen molar-refractivity contribution < 1.29 is 8.42 Å². The van der Waals surface area contributed by atoms with Gasteiger partial charge < -0.3 is 0 Å². The molecule has 0 amide bonds. The lowest BCUT2D eigenvalue weighted by molar-refractivity contribution is 0.421. The summed E-state index contributed by atoms with van der Waals surface area (Å²) in [6, 6.07) is 0. The minimum atomic E-state index is -2.89. The molecule has 0 aliphatic heterocycles. The Morgan fingerprint density at radius 1 is 1.31 bits per heavy atom. The molecule has 0 spiro atoms. The van der Waals surface area contributed by atoms with Gasteiger partial charge in [0, 0.05) is 5.41 Å². The number of hydrogen-bond acceptors (Lipinski definition) is 2. The normalized spacial score (nSPS) is 19.6. The highest BCUT2D eigenvalue weighted by Gasteiger charge is 2.33. The minimum absolute atomic E-state index is 0.0660. The van der Waals surface area contributed by atoms with Crippen molar-refractivity contribution in [1.29, 1.82) is 0 Å². The zero-order valence-corrected chi connectivity index (χ0v) is 9.39. The van der Waals surface area contributed by atoms with Crippen LogP contribution in [0.1, 0.15) is 40.0 Å². The fourth-order valence-electron chi connectivity index (χ4n) is 1.04. The molecule has 1 aliphatic rings. The second-order valence-corrected chi connectivity index (χ2v) is 7.04. The van der Waals surface area contributed by atoms with Crippen molar-refractivity contribution in [3.05, 3.63) is 11.5 Å². The van der Waals surface area contributed by atoms with Gasteiger partial charge in [-0.05, 0) is 24.7 Å². The van der Waals surface area contributed by atoms with Gasteiger partial charge in [0.05, 0.1) is 5.25 Å². The van der Waals surface area contributed by atoms with Crippen LogP contribution in [0.25, 0.3) is 0 Å². The van der Waals surface area contributed by atoms with Gasteiger partial charge in [-0.25, -0.2) is 8.42 Å². The van der Waals surface area contributed by atoms with Gasteiger partial charge in [-0.15, -0.1) is 0 Å². The first kappa shape index (κ1) is 10.8. The predicted octanol–water partition coefficient (Wildman–Crippen LogP) is 2.51. The SMILES string of the molecule is CC(C)(C)C/C=C/S(=O)(=O)C1CC1. The number of rotatable bonds is 3. The van der Waals surface area contributed by atoms with Crippen LogP contribution in [0, 0.1) is 5.41 Å². The van der Waals surface area contributed by atoms with Crippen LogP contribution in [0.4, 0.5) is 0 Å². The largest absolute Gasteiger partial charge is 0.224 e. The minimum Gasteiger partial charge on any atom is -0.224 e. The Hall–Kier alpha value is -0.310. The van der Waals surface area contributed by atoms with Crippen LogP contribution < -0.4 is 0 Å². The van der Waals surface area contributed by atoms with E-state index in [9.17, 15) is 8.42 Å². The van der Waals surface area contributed by atoms with Crippen molar-refractivity contribution in [2.45, 2.75) is 45.3 Å². The van der Waals surface area contributed by atoms with E-state index in [2.05, 4.69) is 20.8 Å². The molecule has 0 aromatic carbocycles. The Morgan fingerprint density at radius 3 is 2.23 bits per heavy atom. The summed E-state index contributed by atoms with van der Waals surface area (Å²) in [6.45, 7) is 6.29. The molecule has 0 bridgehead atoms. The first-order valence-electron chi connectivity index (χ1n) is 4.72. The van der Waals surface area contributed by atoms with E-state index in [1.807, 2.05) is 0 Å². The Kier molecular flexibility index (Phi) is 2.85. The third-order valence-corrected chi connectivity index (χ3v) is 3.98. The van der Waals surface area contributed by atoms with Crippen molar-refractivity contribution in [3.63, 3.8) is 0 Å². The molecule has 1 aliphatic carbocycles. The highest BCUT2D eigenvalue weighted by molar-refractivity contribution is 7.95. The average Bonchev–Trinajstić information content (AvgIpc) is 2.62. The number of sulfone groups is 1. The number of allylic oxidation sites excluding steroid dienone is 1. The molecule has 3 heteroatoms. The van der Waals surface area contributed by atoms with Crippen LogP contribution in [0.15, 0.2) is 11.5 Å². The lowest BCUT2D eigenvalue weighted by Crippen LogP contribution is -2.04. The van der Waals surface area contributed by atoms with E-state index in [1.165, 1.54) is 5.41 Å². The van der Waals surface area contributed by atoms with Crippen molar-refractivity contribution in [3.8, 4) is 0 Å². The Balaban J connectivity index is 2.48. The monoisotopic (exact) mass is 202 g/mol. The standard InChI is InChI=1S/C10H18O2S/c1-10(2,3)7-4-8-13(11,12)9-5-6-9/h4,8-9H,5-7H2,1-3H3/b8-4+. The third-order valence-electron chi connectivity index (χ3n) is 2.01. The van der Waals surface area contributed by atoms with Crippen molar-refractivity contribution in [2.24, 2.45) is 5.41 Å². The molecular weight excluding hydrogens is 184 g/mol. The maximum Gasteiger partial charge on any atom is 0.174 e. The lowest BCUT2D eigenvalue weighted by atomic mass is 9.93. The molecule has 1 fully saturated rings. The van der Waals surface area contributed by atoms with E-state index in [0.717, 1.165) is 19.3 Å². The summed E-state index contributed by atoms with van der Waals surface area (Å²) in [4.78, 5) is 0. The third kappa shape index (κ3) is 3.94. The predicted molar refractivity (Wildman–Crippen MR) is 55.2 cm³/mol. The lowest BCUT2D eigenvalue weighted by Gasteiger charge is -2.14. The number of hydrogen-bond donors (Lipinski definition) is 0. The molecule has 0 aromatic rings. The summed E-state index contributed by atoms with van der Waals surface area (Å²) in [5.41, 5.74) is 0.176. The zero-order valence-electron chi connectivity index (χ0n) is 8.58. The summed E-state index contributed by atoms with van der Waals surface area (Å²) in [5.74, 6) is 0. The van der Waals surface area contributed by atoms with Gasteiger partial charge in [-0.3, -0.25) is 0 Å². The summed E-state index contributed by atoms with van der Waals surface area (Å²) in [6.07, 6.45) is 4.30. The van der Waals surface area contributed by atoms with Crippen LogP contribution >= 0.6 is 0 Å². The fraction of sp³-hybridized carbons (Fsp3) is 0.800. The molecule has 2 nitrogen and oxygen atoms in total. The molecular formula is C10H18O2S. The molecule has 0 unspecified atom stereocenters. The molecule has 1 saturated carbocycles. The van der Waals surface area contributed by atoms with Gasteiger partial charge in [-0.1, -0.05) is 26.8 Å². The van der Waals surface area contributed by atoms with E-state index in [1.54, 1.807) is 6.08 Å². The van der Waals surface area contributed by atoms with Gasteiger partial charge in [0.1, 0.15) is 0 Å². The van der Waals surface area contributed by atoms with Gasteiger partial charge >= 0.3 is 0 Å². The van der Waals surface area contributed by atoms with Crippen molar-refractivity contribution in [2.75, 3.05) is 0 Å². The molecule has 0 heterocycles. The van der Waals surface area contributed by atoms with Crippen LogP contribution in [0.3, 0.4) is 0 Å². The Labute approximate surface area is 81.0 Å². The topological polar surface area (TPSA) is 34.1 Å². The zero-order chi connectivity index (χ0) is 10.1. The van der Waals surface area contributed by atoms with E-state index < -0.39 is 9.84 Å². The Morgan fingerprint density at radius 2 is 1.85 bits per heavy atom. The van der Waals surface area contributed by atoms with E-state index in [4.69, 9.17) is 0 Å². The highest BCUT2D eigenvalue weighted by atomic mass is 32.2. The molecule has 0 aromatic heterocycles. The maximum absolute atomic E-state index is 11.4. The molecule has 0 radical (unpaired) electrons. The van der Waals surface area contributed by atoms with E-state index in [0.29, 0.717) is 0 Å². The van der Waals surface area contributed by atoms with Gasteiger partial charge in [0.15, 0.2) is 9.84 Å². The average molecular weight is 202 g/mol.